The molecule has 25 heavy (non-hydrogen) atoms. The number of carbonyl (C=O) groups excluding carboxylic acids is 1. The summed E-state index contributed by atoms with van der Waals surface area (Å²) in [6.07, 6.45) is 1.90. The third-order valence-electron chi connectivity index (χ3n) is 4.93. The van der Waals surface area contributed by atoms with Crippen molar-refractivity contribution in [2.24, 2.45) is 5.92 Å². The highest BCUT2D eigenvalue weighted by Crippen LogP contribution is 2.34. The van der Waals surface area contributed by atoms with Crippen LogP contribution in [0.1, 0.15) is 26.7 Å². The van der Waals surface area contributed by atoms with Crippen molar-refractivity contribution in [1.82, 2.24) is 10.2 Å². The molecule has 0 aromatic heterocycles. The molecule has 0 saturated carbocycles. The Morgan fingerprint density at radius 2 is 2.08 bits per heavy atom. The molecule has 2 aliphatic rings. The van der Waals surface area contributed by atoms with Crippen LogP contribution in [-0.4, -0.2) is 55.7 Å². The lowest BCUT2D eigenvalue weighted by Gasteiger charge is -2.39. The van der Waals surface area contributed by atoms with Crippen molar-refractivity contribution in [3.8, 4) is 5.75 Å². The number of hydrogen-bond acceptors (Lipinski definition) is 4. The van der Waals surface area contributed by atoms with E-state index in [1.807, 2.05) is 49.1 Å². The lowest BCUT2D eigenvalue weighted by molar-refractivity contribution is -0.189. The van der Waals surface area contributed by atoms with E-state index < -0.39 is 5.79 Å². The number of amides is 2. The monoisotopic (exact) mass is 348 g/mol. The van der Waals surface area contributed by atoms with Crippen molar-refractivity contribution in [1.29, 1.82) is 0 Å². The topological polar surface area (TPSA) is 60.0 Å². The number of para-hydroxylation sites is 1. The summed E-state index contributed by atoms with van der Waals surface area (Å²) >= 11 is 0. The van der Waals surface area contributed by atoms with Gasteiger partial charge in [-0.1, -0.05) is 18.2 Å². The van der Waals surface area contributed by atoms with Crippen molar-refractivity contribution in [3.63, 3.8) is 0 Å². The number of piperidine rings is 1. The van der Waals surface area contributed by atoms with Crippen molar-refractivity contribution in [2.45, 2.75) is 38.6 Å². The number of likely N-dealkylation sites (tertiary alicyclic amines) is 1. The van der Waals surface area contributed by atoms with Crippen LogP contribution in [0.2, 0.25) is 0 Å². The minimum atomic E-state index is -0.553. The Hall–Kier alpha value is -1.79. The van der Waals surface area contributed by atoms with Gasteiger partial charge in [0.15, 0.2) is 5.79 Å². The Morgan fingerprint density at radius 1 is 1.36 bits per heavy atom. The Kier molecular flexibility index (Phi) is 5.81. The van der Waals surface area contributed by atoms with Gasteiger partial charge in [-0.2, -0.15) is 0 Å². The van der Waals surface area contributed by atoms with Crippen LogP contribution in [0.5, 0.6) is 5.75 Å². The number of urea groups is 1. The Morgan fingerprint density at radius 3 is 2.80 bits per heavy atom. The molecule has 0 bridgehead atoms. The van der Waals surface area contributed by atoms with Crippen LogP contribution in [0.3, 0.4) is 0 Å². The van der Waals surface area contributed by atoms with Gasteiger partial charge in [0.25, 0.3) is 0 Å². The molecule has 6 nitrogen and oxygen atoms in total. The maximum absolute atomic E-state index is 12.5. The zero-order valence-electron chi connectivity index (χ0n) is 15.1. The SMILES string of the molecule is C[C@H](CNC(=O)N1CCC[C@@H](C2(C)OCCO2)C1)Oc1ccccc1. The van der Waals surface area contributed by atoms with E-state index in [4.69, 9.17) is 14.2 Å². The van der Waals surface area contributed by atoms with Crippen LogP contribution in [0.15, 0.2) is 30.3 Å². The summed E-state index contributed by atoms with van der Waals surface area (Å²) in [4.78, 5) is 14.4. The molecule has 3 rings (SSSR count). The number of benzene rings is 1. The largest absolute Gasteiger partial charge is 0.489 e. The molecule has 2 heterocycles. The van der Waals surface area contributed by atoms with Gasteiger partial charge in [0.1, 0.15) is 11.9 Å². The summed E-state index contributed by atoms with van der Waals surface area (Å²) in [7, 11) is 0. The first kappa shape index (κ1) is 18.0. The first-order valence-corrected chi connectivity index (χ1v) is 9.09. The maximum atomic E-state index is 12.5. The highest BCUT2D eigenvalue weighted by molar-refractivity contribution is 5.74. The summed E-state index contributed by atoms with van der Waals surface area (Å²) in [5, 5.41) is 2.98. The highest BCUT2D eigenvalue weighted by atomic mass is 16.7. The lowest BCUT2D eigenvalue weighted by atomic mass is 9.90. The zero-order valence-corrected chi connectivity index (χ0v) is 15.1. The van der Waals surface area contributed by atoms with Gasteiger partial charge in [-0.3, -0.25) is 0 Å². The average Bonchev–Trinajstić information content (AvgIpc) is 3.09. The smallest absolute Gasteiger partial charge is 0.317 e. The van der Waals surface area contributed by atoms with Crippen LogP contribution in [0, 0.1) is 5.92 Å². The highest BCUT2D eigenvalue weighted by Gasteiger charge is 2.42. The van der Waals surface area contributed by atoms with Gasteiger partial charge in [0.05, 0.1) is 19.8 Å². The van der Waals surface area contributed by atoms with Crippen molar-refractivity contribution < 1.29 is 19.0 Å². The Labute approximate surface area is 149 Å². The quantitative estimate of drug-likeness (QED) is 0.889. The van der Waals surface area contributed by atoms with E-state index in [1.54, 1.807) is 0 Å². The third kappa shape index (κ3) is 4.64. The summed E-state index contributed by atoms with van der Waals surface area (Å²) in [6.45, 7) is 7.11. The Balaban J connectivity index is 1.46. The second-order valence-electron chi connectivity index (χ2n) is 6.93. The fourth-order valence-corrected chi connectivity index (χ4v) is 3.47. The van der Waals surface area contributed by atoms with E-state index >= 15 is 0 Å². The second-order valence-corrected chi connectivity index (χ2v) is 6.93. The second kappa shape index (κ2) is 8.06. The first-order valence-electron chi connectivity index (χ1n) is 9.09. The van der Waals surface area contributed by atoms with Gasteiger partial charge in [0, 0.05) is 19.0 Å². The van der Waals surface area contributed by atoms with E-state index in [2.05, 4.69) is 5.32 Å². The van der Waals surface area contributed by atoms with Gasteiger partial charge in [-0.15, -0.1) is 0 Å². The lowest BCUT2D eigenvalue weighted by Crippen LogP contribution is -2.52. The predicted octanol–water partition coefficient (Wildman–Crippen LogP) is 2.64. The van der Waals surface area contributed by atoms with Crippen LogP contribution in [-0.2, 0) is 9.47 Å². The van der Waals surface area contributed by atoms with Crippen molar-refractivity contribution in [2.75, 3.05) is 32.8 Å². The first-order chi connectivity index (χ1) is 12.1. The normalized spacial score (nSPS) is 23.9. The summed E-state index contributed by atoms with van der Waals surface area (Å²) in [6, 6.07) is 9.59. The van der Waals surface area contributed by atoms with E-state index in [0.29, 0.717) is 26.3 Å². The summed E-state index contributed by atoms with van der Waals surface area (Å²) < 4.78 is 17.3. The zero-order chi connectivity index (χ0) is 17.7. The van der Waals surface area contributed by atoms with E-state index in [0.717, 1.165) is 25.1 Å². The minimum absolute atomic E-state index is 0.0465. The van der Waals surface area contributed by atoms with Crippen LogP contribution in [0.25, 0.3) is 0 Å². The maximum Gasteiger partial charge on any atom is 0.317 e. The van der Waals surface area contributed by atoms with Gasteiger partial charge < -0.3 is 24.4 Å². The molecule has 0 unspecified atom stereocenters. The molecule has 2 aliphatic heterocycles. The average molecular weight is 348 g/mol. The summed E-state index contributed by atoms with van der Waals surface area (Å²) in [5.74, 6) is 0.473. The predicted molar refractivity (Wildman–Crippen MR) is 94.5 cm³/mol. The van der Waals surface area contributed by atoms with E-state index in [9.17, 15) is 4.79 Å². The van der Waals surface area contributed by atoms with Crippen molar-refractivity contribution >= 4 is 6.03 Å². The molecule has 2 fully saturated rings. The molecule has 1 N–H and O–H groups in total. The molecule has 0 radical (unpaired) electrons. The van der Waals surface area contributed by atoms with Crippen LogP contribution >= 0.6 is 0 Å². The van der Waals surface area contributed by atoms with E-state index in [-0.39, 0.29) is 18.1 Å². The van der Waals surface area contributed by atoms with Gasteiger partial charge in [0.2, 0.25) is 0 Å². The standard InChI is InChI=1S/C19H28N2O4/c1-15(25-17-8-4-3-5-9-17)13-20-18(22)21-10-6-7-16(14-21)19(2)23-11-12-24-19/h3-5,8-9,15-16H,6-7,10-14H2,1-2H3,(H,20,22)/t15-,16-/m1/s1. The molecule has 0 spiro atoms. The molecule has 1 aromatic rings. The molecule has 2 saturated heterocycles. The third-order valence-corrected chi connectivity index (χ3v) is 4.93. The van der Waals surface area contributed by atoms with E-state index in [1.165, 1.54) is 0 Å². The van der Waals surface area contributed by atoms with Gasteiger partial charge >= 0.3 is 6.03 Å². The fraction of sp³-hybridized carbons (Fsp3) is 0.632. The summed E-state index contributed by atoms with van der Waals surface area (Å²) in [5.41, 5.74) is 0. The minimum Gasteiger partial charge on any atom is -0.489 e. The Bertz CT molecular complexity index is 560. The molecular formula is C19H28N2O4. The van der Waals surface area contributed by atoms with Gasteiger partial charge in [-0.05, 0) is 38.8 Å². The number of nitrogens with zero attached hydrogens (tertiary/aromatic N) is 1. The molecular weight excluding hydrogens is 320 g/mol. The number of rotatable bonds is 5. The van der Waals surface area contributed by atoms with Crippen LogP contribution < -0.4 is 10.1 Å². The molecule has 2 amide bonds. The fourth-order valence-electron chi connectivity index (χ4n) is 3.47. The molecule has 2 atom stereocenters. The molecule has 0 aliphatic carbocycles. The molecule has 138 valence electrons. The number of hydrogen-bond donors (Lipinski definition) is 1. The molecule has 6 heteroatoms. The molecule has 1 aromatic carbocycles. The van der Waals surface area contributed by atoms with Crippen molar-refractivity contribution in [3.05, 3.63) is 30.3 Å². The number of nitrogens with one attached hydrogen (secondary N) is 1. The van der Waals surface area contributed by atoms with Gasteiger partial charge in [-0.25, -0.2) is 4.79 Å². The van der Waals surface area contributed by atoms with Crippen LogP contribution in [0.4, 0.5) is 4.79 Å². The number of ether oxygens (including phenoxy) is 3. The number of carbonyl (C=O) groups is 1.